The van der Waals surface area contributed by atoms with E-state index in [4.69, 9.17) is 14.2 Å². The fraction of sp³-hybridized carbons (Fsp3) is 0.429. The van der Waals surface area contributed by atoms with E-state index in [1.165, 1.54) is 0 Å². The van der Waals surface area contributed by atoms with Crippen molar-refractivity contribution >= 4 is 17.3 Å². The van der Waals surface area contributed by atoms with Crippen molar-refractivity contribution in [3.05, 3.63) is 31.9 Å². The van der Waals surface area contributed by atoms with Crippen molar-refractivity contribution < 1.29 is 28.9 Å². The van der Waals surface area contributed by atoms with Gasteiger partial charge in [-0.1, -0.05) is 0 Å². The zero-order chi connectivity index (χ0) is 19.1. The maximum absolute atomic E-state index is 11.7. The first-order valence-corrected chi connectivity index (χ1v) is 6.95. The number of hydrogen-bond acceptors (Lipinski definition) is 9. The van der Waals surface area contributed by atoms with E-state index in [0.717, 1.165) is 20.3 Å². The first-order valence-electron chi connectivity index (χ1n) is 6.95. The maximum Gasteiger partial charge on any atom is 0.326 e. The number of carbonyl (C=O) groups excluding carboxylic acids is 1. The molecule has 25 heavy (non-hydrogen) atoms. The first-order chi connectivity index (χ1) is 11.8. The van der Waals surface area contributed by atoms with Gasteiger partial charge in [-0.2, -0.15) is 5.26 Å². The van der Waals surface area contributed by atoms with E-state index in [2.05, 4.69) is 0 Å². The van der Waals surface area contributed by atoms with Crippen molar-refractivity contribution in [3.8, 4) is 17.6 Å². The Bertz CT molecular complexity index is 741. The fourth-order valence-corrected chi connectivity index (χ4v) is 2.25. The number of nitro benzene ring substituents is 2. The molecule has 134 valence electrons. The molecule has 0 radical (unpaired) electrons. The van der Waals surface area contributed by atoms with Crippen LogP contribution in [0.4, 0.5) is 11.4 Å². The minimum Gasteiger partial charge on any atom is -0.492 e. The molecular formula is C14H15N3O8. The smallest absolute Gasteiger partial charge is 0.326 e. The van der Waals surface area contributed by atoms with Crippen LogP contribution < -0.4 is 9.47 Å². The summed E-state index contributed by atoms with van der Waals surface area (Å²) >= 11 is 0. The van der Waals surface area contributed by atoms with Crippen LogP contribution in [0.3, 0.4) is 0 Å². The summed E-state index contributed by atoms with van der Waals surface area (Å²) in [5.41, 5.74) is -2.06. The summed E-state index contributed by atoms with van der Waals surface area (Å²) in [7, 11) is 2.28. The van der Waals surface area contributed by atoms with Gasteiger partial charge in [-0.25, -0.2) is 0 Å². The van der Waals surface area contributed by atoms with Gasteiger partial charge in [0.05, 0.1) is 55.1 Å². The van der Waals surface area contributed by atoms with E-state index in [1.54, 1.807) is 13.0 Å². The highest BCUT2D eigenvalue weighted by Crippen LogP contribution is 2.48. The van der Waals surface area contributed by atoms with E-state index in [1.807, 2.05) is 0 Å². The lowest BCUT2D eigenvalue weighted by Gasteiger charge is -2.14. The Labute approximate surface area is 142 Å². The Kier molecular flexibility index (Phi) is 6.62. The minimum atomic E-state index is -1.47. The zero-order valence-corrected chi connectivity index (χ0v) is 13.7. The van der Waals surface area contributed by atoms with Crippen LogP contribution in [0.25, 0.3) is 0 Å². The third-order valence-corrected chi connectivity index (χ3v) is 3.22. The fourth-order valence-electron chi connectivity index (χ4n) is 2.25. The number of methoxy groups -OCH3 is 2. The predicted molar refractivity (Wildman–Crippen MR) is 82.5 cm³/mol. The average molecular weight is 353 g/mol. The van der Waals surface area contributed by atoms with Gasteiger partial charge < -0.3 is 14.2 Å². The second-order valence-electron chi connectivity index (χ2n) is 4.60. The highest BCUT2D eigenvalue weighted by molar-refractivity contribution is 5.75. The molecule has 0 aliphatic heterocycles. The molecule has 0 fully saturated rings. The molecule has 0 aromatic heterocycles. The molecule has 1 rings (SSSR count). The van der Waals surface area contributed by atoms with Crippen molar-refractivity contribution in [3.63, 3.8) is 0 Å². The van der Waals surface area contributed by atoms with E-state index in [0.29, 0.717) is 0 Å². The molecule has 1 atom stereocenters. The molecule has 0 aliphatic rings. The molecule has 11 heteroatoms. The van der Waals surface area contributed by atoms with Gasteiger partial charge in [0.2, 0.25) is 5.75 Å². The molecule has 1 aromatic carbocycles. The van der Waals surface area contributed by atoms with Gasteiger partial charge in [-0.15, -0.1) is 0 Å². The van der Waals surface area contributed by atoms with Crippen molar-refractivity contribution in [2.75, 3.05) is 20.8 Å². The Hall–Kier alpha value is -3.42. The van der Waals surface area contributed by atoms with Gasteiger partial charge in [-0.3, -0.25) is 25.0 Å². The molecule has 0 bridgehead atoms. The van der Waals surface area contributed by atoms with Crippen LogP contribution in [0.1, 0.15) is 24.8 Å². The van der Waals surface area contributed by atoms with Gasteiger partial charge >= 0.3 is 11.7 Å². The molecule has 0 amide bonds. The van der Waals surface area contributed by atoms with Crippen molar-refractivity contribution in [1.82, 2.24) is 0 Å². The van der Waals surface area contributed by atoms with E-state index >= 15 is 0 Å². The summed E-state index contributed by atoms with van der Waals surface area (Å²) in [5, 5.41) is 32.2. The number of nitro groups is 2. The number of ether oxygens (including phenoxy) is 3. The van der Waals surface area contributed by atoms with Gasteiger partial charge in [0.25, 0.3) is 5.69 Å². The number of hydrogen-bond donors (Lipinski definition) is 0. The lowest BCUT2D eigenvalue weighted by Crippen LogP contribution is -2.13. The lowest BCUT2D eigenvalue weighted by atomic mass is 9.93. The standard InChI is InChI=1S/C14H15N3O8/c1-4-25-11(18)5-8(7-15)12-9(16(19)20)6-10(23-2)14(24-3)13(12)17(21)22/h6,8H,4-5H2,1-3H3/t8-/m0/s1. The van der Waals surface area contributed by atoms with Crippen LogP contribution in [0.2, 0.25) is 0 Å². The Balaban J connectivity index is 3.74. The van der Waals surface area contributed by atoms with Gasteiger partial charge in [-0.05, 0) is 6.92 Å². The molecule has 0 aliphatic carbocycles. The average Bonchev–Trinajstić information content (AvgIpc) is 2.57. The SMILES string of the molecule is CCOC(=O)C[C@@H](C#N)c1c([N+](=O)[O-])cc(OC)c(OC)c1[N+](=O)[O-]. The quantitative estimate of drug-likeness (QED) is 0.388. The topological polar surface area (TPSA) is 155 Å². The Morgan fingerprint density at radius 1 is 1.28 bits per heavy atom. The molecule has 0 spiro atoms. The molecule has 0 saturated carbocycles. The van der Waals surface area contributed by atoms with Crippen LogP contribution in [0, 0.1) is 31.6 Å². The molecule has 0 saturated heterocycles. The van der Waals surface area contributed by atoms with Crippen LogP contribution in [-0.2, 0) is 9.53 Å². The third kappa shape index (κ3) is 4.11. The van der Waals surface area contributed by atoms with Crippen molar-refractivity contribution in [2.24, 2.45) is 0 Å². The van der Waals surface area contributed by atoms with Gasteiger partial charge in [0.15, 0.2) is 5.75 Å². The van der Waals surface area contributed by atoms with E-state index in [9.17, 15) is 30.3 Å². The largest absolute Gasteiger partial charge is 0.492 e. The summed E-state index contributed by atoms with van der Waals surface area (Å²) in [4.78, 5) is 32.7. The lowest BCUT2D eigenvalue weighted by molar-refractivity contribution is -0.396. The number of nitriles is 1. The zero-order valence-electron chi connectivity index (χ0n) is 13.7. The van der Waals surface area contributed by atoms with Gasteiger partial charge in [0, 0.05) is 0 Å². The number of rotatable bonds is 8. The number of esters is 1. The number of carbonyl (C=O) groups is 1. The molecule has 0 N–H and O–H groups in total. The Morgan fingerprint density at radius 2 is 1.92 bits per heavy atom. The number of benzene rings is 1. The second-order valence-corrected chi connectivity index (χ2v) is 4.60. The van der Waals surface area contributed by atoms with E-state index in [-0.39, 0.29) is 18.1 Å². The van der Waals surface area contributed by atoms with E-state index < -0.39 is 45.1 Å². The summed E-state index contributed by atoms with van der Waals surface area (Å²) in [6.07, 6.45) is -0.582. The summed E-state index contributed by atoms with van der Waals surface area (Å²) in [6, 6.07) is 2.59. The number of nitrogens with zero attached hydrogens (tertiary/aromatic N) is 3. The van der Waals surface area contributed by atoms with Crippen LogP contribution in [0.5, 0.6) is 11.5 Å². The maximum atomic E-state index is 11.7. The molecular weight excluding hydrogens is 338 g/mol. The van der Waals surface area contributed by atoms with Gasteiger partial charge in [0.1, 0.15) is 5.56 Å². The van der Waals surface area contributed by atoms with Crippen LogP contribution in [0.15, 0.2) is 6.07 Å². The monoisotopic (exact) mass is 353 g/mol. The van der Waals surface area contributed by atoms with Crippen molar-refractivity contribution in [2.45, 2.75) is 19.3 Å². The molecule has 0 heterocycles. The highest BCUT2D eigenvalue weighted by atomic mass is 16.6. The second kappa shape index (κ2) is 8.44. The van der Waals surface area contributed by atoms with Crippen molar-refractivity contribution in [1.29, 1.82) is 5.26 Å². The molecule has 11 nitrogen and oxygen atoms in total. The minimum absolute atomic E-state index is 0.0348. The Morgan fingerprint density at radius 3 is 2.32 bits per heavy atom. The molecule has 0 unspecified atom stereocenters. The van der Waals surface area contributed by atoms with Crippen LogP contribution in [-0.4, -0.2) is 36.6 Å². The normalized spacial score (nSPS) is 11.1. The van der Waals surface area contributed by atoms with Crippen LogP contribution >= 0.6 is 0 Å². The summed E-state index contributed by atoms with van der Waals surface area (Å²) in [5.74, 6) is -2.90. The summed E-state index contributed by atoms with van der Waals surface area (Å²) in [6.45, 7) is 1.58. The highest BCUT2D eigenvalue weighted by Gasteiger charge is 2.39. The molecule has 1 aromatic rings. The summed E-state index contributed by atoms with van der Waals surface area (Å²) < 4.78 is 14.5. The third-order valence-electron chi connectivity index (χ3n) is 3.22. The predicted octanol–water partition coefficient (Wildman–Crippen LogP) is 2.08. The first kappa shape index (κ1) is 19.6.